The van der Waals surface area contributed by atoms with Crippen molar-refractivity contribution in [3.63, 3.8) is 0 Å². The number of benzene rings is 2. The molecule has 1 aliphatic heterocycles. The Balaban J connectivity index is 1.41. The summed E-state index contributed by atoms with van der Waals surface area (Å²) >= 11 is 0. The molecular formula is C22H24F3N3O4. The Morgan fingerprint density at radius 1 is 1.09 bits per heavy atom. The van der Waals surface area contributed by atoms with Crippen LogP contribution in [0.25, 0.3) is 0 Å². The van der Waals surface area contributed by atoms with Crippen molar-refractivity contribution in [3.05, 3.63) is 59.7 Å². The molecule has 1 saturated heterocycles. The Hall–Kier alpha value is -3.27. The molecule has 2 aromatic rings. The van der Waals surface area contributed by atoms with Crippen LogP contribution in [0.15, 0.2) is 48.5 Å². The van der Waals surface area contributed by atoms with Crippen LogP contribution in [0, 0.1) is 0 Å². The molecule has 3 rings (SSSR count). The number of carbonyl (C=O) groups is 2. The first-order valence-electron chi connectivity index (χ1n) is 10.1. The summed E-state index contributed by atoms with van der Waals surface area (Å²) in [7, 11) is 0. The van der Waals surface area contributed by atoms with Gasteiger partial charge in [-0.2, -0.15) is 13.2 Å². The maximum absolute atomic E-state index is 12.7. The van der Waals surface area contributed by atoms with Crippen LogP contribution < -0.4 is 15.4 Å². The molecule has 0 spiro atoms. The highest BCUT2D eigenvalue weighted by Gasteiger charge is 2.30. The zero-order valence-electron chi connectivity index (χ0n) is 17.2. The van der Waals surface area contributed by atoms with Crippen molar-refractivity contribution in [2.45, 2.75) is 25.1 Å². The van der Waals surface area contributed by atoms with Gasteiger partial charge in [-0.15, -0.1) is 0 Å². The zero-order chi connectivity index (χ0) is 23.1. The van der Waals surface area contributed by atoms with Gasteiger partial charge < -0.3 is 25.4 Å². The second-order valence-corrected chi connectivity index (χ2v) is 7.40. The van der Waals surface area contributed by atoms with Gasteiger partial charge in [-0.3, -0.25) is 4.79 Å². The van der Waals surface area contributed by atoms with Gasteiger partial charge in [-0.05, 0) is 55.3 Å². The smallest absolute Gasteiger partial charge is 0.416 e. The monoisotopic (exact) mass is 451 g/mol. The fraction of sp³-hybridized carbons (Fsp3) is 0.364. The zero-order valence-corrected chi connectivity index (χ0v) is 17.2. The highest BCUT2D eigenvalue weighted by atomic mass is 19.4. The van der Waals surface area contributed by atoms with Crippen LogP contribution in [0.5, 0.6) is 5.75 Å². The third kappa shape index (κ3) is 6.61. The SMILES string of the molecule is O=C(NCC(O)COc1cccc(C(F)(F)F)c1)Nc1ccc(C(=O)N2CCCC2)cc1. The number of urea groups is 1. The van der Waals surface area contributed by atoms with Gasteiger partial charge in [-0.1, -0.05) is 6.07 Å². The van der Waals surface area contributed by atoms with Gasteiger partial charge in [0.05, 0.1) is 5.56 Å². The number of hydrogen-bond acceptors (Lipinski definition) is 4. The van der Waals surface area contributed by atoms with Crippen LogP contribution in [-0.2, 0) is 6.18 Å². The Morgan fingerprint density at radius 3 is 2.44 bits per heavy atom. The molecule has 0 aromatic heterocycles. The normalized spacial score (nSPS) is 14.7. The van der Waals surface area contributed by atoms with Gasteiger partial charge in [0, 0.05) is 30.9 Å². The van der Waals surface area contributed by atoms with Crippen molar-refractivity contribution >= 4 is 17.6 Å². The van der Waals surface area contributed by atoms with Crippen LogP contribution >= 0.6 is 0 Å². The van der Waals surface area contributed by atoms with Crippen LogP contribution in [0.2, 0.25) is 0 Å². The number of aliphatic hydroxyl groups is 1. The Morgan fingerprint density at radius 2 is 1.78 bits per heavy atom. The summed E-state index contributed by atoms with van der Waals surface area (Å²) in [6, 6.07) is 10.2. The lowest BCUT2D eigenvalue weighted by Crippen LogP contribution is -2.37. The Kier molecular flexibility index (Phi) is 7.57. The predicted octanol–water partition coefficient (Wildman–Crippen LogP) is 3.50. The van der Waals surface area contributed by atoms with Crippen molar-refractivity contribution in [1.29, 1.82) is 0 Å². The second kappa shape index (κ2) is 10.4. The van der Waals surface area contributed by atoms with E-state index in [1.807, 2.05) is 0 Å². The largest absolute Gasteiger partial charge is 0.491 e. The molecule has 10 heteroatoms. The molecule has 7 nitrogen and oxygen atoms in total. The lowest BCUT2D eigenvalue weighted by molar-refractivity contribution is -0.137. The van der Waals surface area contributed by atoms with Crippen molar-refractivity contribution in [2.24, 2.45) is 0 Å². The molecular weight excluding hydrogens is 427 g/mol. The molecule has 0 bridgehead atoms. The van der Waals surface area contributed by atoms with Gasteiger partial charge >= 0.3 is 12.2 Å². The number of aliphatic hydroxyl groups excluding tert-OH is 1. The quantitative estimate of drug-likeness (QED) is 0.601. The lowest BCUT2D eigenvalue weighted by atomic mass is 10.2. The summed E-state index contributed by atoms with van der Waals surface area (Å²) in [5.41, 5.74) is 0.158. The number of nitrogens with zero attached hydrogens (tertiary/aromatic N) is 1. The van der Waals surface area contributed by atoms with Gasteiger partial charge in [0.1, 0.15) is 18.5 Å². The number of alkyl halides is 3. The van der Waals surface area contributed by atoms with E-state index < -0.39 is 23.9 Å². The third-order valence-electron chi connectivity index (χ3n) is 4.88. The highest BCUT2D eigenvalue weighted by Crippen LogP contribution is 2.31. The molecule has 32 heavy (non-hydrogen) atoms. The fourth-order valence-corrected chi connectivity index (χ4v) is 3.20. The highest BCUT2D eigenvalue weighted by molar-refractivity contribution is 5.95. The van der Waals surface area contributed by atoms with Gasteiger partial charge in [0.2, 0.25) is 0 Å². The first-order valence-corrected chi connectivity index (χ1v) is 10.1. The maximum Gasteiger partial charge on any atom is 0.416 e. The van der Waals surface area contributed by atoms with E-state index in [1.165, 1.54) is 12.1 Å². The number of amides is 3. The number of anilines is 1. The topological polar surface area (TPSA) is 90.9 Å². The standard InChI is InChI=1S/C22H24F3N3O4/c23-22(24,25)16-4-3-5-19(12-16)32-14-18(29)13-26-21(31)27-17-8-6-15(7-9-17)20(30)28-10-1-2-11-28/h3-9,12,18,29H,1-2,10-11,13-14H2,(H2,26,27,31). The number of rotatable bonds is 7. The van der Waals surface area contributed by atoms with E-state index in [9.17, 15) is 27.9 Å². The molecule has 1 atom stereocenters. The number of halogens is 3. The van der Waals surface area contributed by atoms with E-state index in [2.05, 4.69) is 10.6 Å². The van der Waals surface area contributed by atoms with Crippen LogP contribution in [-0.4, -0.2) is 54.3 Å². The molecule has 3 amide bonds. The minimum atomic E-state index is -4.49. The van der Waals surface area contributed by atoms with E-state index in [0.717, 1.165) is 38.1 Å². The summed E-state index contributed by atoms with van der Waals surface area (Å²) in [5, 5.41) is 15.0. The molecule has 1 aliphatic rings. The minimum Gasteiger partial charge on any atom is -0.491 e. The Bertz CT molecular complexity index is 929. The molecule has 172 valence electrons. The molecule has 1 heterocycles. The average Bonchev–Trinajstić information content (AvgIpc) is 3.31. The first-order chi connectivity index (χ1) is 15.2. The molecule has 0 aliphatic carbocycles. The van der Waals surface area contributed by atoms with E-state index in [0.29, 0.717) is 11.3 Å². The summed E-state index contributed by atoms with van der Waals surface area (Å²) in [6.07, 6.45) is -3.61. The number of ether oxygens (including phenoxy) is 1. The van der Waals surface area contributed by atoms with Gasteiger partial charge in [0.25, 0.3) is 5.91 Å². The van der Waals surface area contributed by atoms with E-state index in [-0.39, 0.29) is 24.8 Å². The maximum atomic E-state index is 12.7. The summed E-state index contributed by atoms with van der Waals surface area (Å²) in [6.45, 7) is 1.04. The van der Waals surface area contributed by atoms with Crippen molar-refractivity contribution in [1.82, 2.24) is 10.2 Å². The van der Waals surface area contributed by atoms with Crippen molar-refractivity contribution in [3.8, 4) is 5.75 Å². The number of carbonyl (C=O) groups excluding carboxylic acids is 2. The molecule has 1 unspecified atom stereocenters. The molecule has 3 N–H and O–H groups in total. The second-order valence-electron chi connectivity index (χ2n) is 7.40. The van der Waals surface area contributed by atoms with Gasteiger partial charge in [0.15, 0.2) is 0 Å². The first kappa shape index (κ1) is 23.4. The predicted molar refractivity (Wildman–Crippen MR) is 112 cm³/mol. The van der Waals surface area contributed by atoms with Crippen LogP contribution in [0.4, 0.5) is 23.7 Å². The number of hydrogen-bond donors (Lipinski definition) is 3. The van der Waals surface area contributed by atoms with Gasteiger partial charge in [-0.25, -0.2) is 4.79 Å². The van der Waals surface area contributed by atoms with E-state index >= 15 is 0 Å². The third-order valence-corrected chi connectivity index (χ3v) is 4.88. The lowest BCUT2D eigenvalue weighted by Gasteiger charge is -2.16. The average molecular weight is 451 g/mol. The van der Waals surface area contributed by atoms with Crippen LogP contribution in [0.1, 0.15) is 28.8 Å². The fourth-order valence-electron chi connectivity index (χ4n) is 3.20. The summed E-state index contributed by atoms with van der Waals surface area (Å²) in [5.74, 6) is -0.0747. The number of nitrogens with one attached hydrogen (secondary N) is 2. The van der Waals surface area contributed by atoms with E-state index in [1.54, 1.807) is 29.2 Å². The molecule has 0 radical (unpaired) electrons. The number of likely N-dealkylation sites (tertiary alicyclic amines) is 1. The Labute approximate surface area is 183 Å². The summed E-state index contributed by atoms with van der Waals surface area (Å²) in [4.78, 5) is 26.1. The van der Waals surface area contributed by atoms with Crippen LogP contribution in [0.3, 0.4) is 0 Å². The van der Waals surface area contributed by atoms with Crippen molar-refractivity contribution < 1.29 is 32.6 Å². The summed E-state index contributed by atoms with van der Waals surface area (Å²) < 4.78 is 43.3. The minimum absolute atomic E-state index is 0.0353. The van der Waals surface area contributed by atoms with Crippen molar-refractivity contribution in [2.75, 3.05) is 31.6 Å². The molecule has 2 aromatic carbocycles. The van der Waals surface area contributed by atoms with E-state index in [4.69, 9.17) is 4.74 Å². The molecule has 0 saturated carbocycles. The molecule has 1 fully saturated rings.